The van der Waals surface area contributed by atoms with Crippen LogP contribution in [-0.4, -0.2) is 29.9 Å². The first-order chi connectivity index (χ1) is 15.4. The van der Waals surface area contributed by atoms with Crippen molar-refractivity contribution in [2.24, 2.45) is 0 Å². The van der Waals surface area contributed by atoms with Crippen LogP contribution in [-0.2, 0) is 9.59 Å². The van der Waals surface area contributed by atoms with Crippen molar-refractivity contribution in [2.45, 2.75) is 0 Å². The van der Waals surface area contributed by atoms with Crippen LogP contribution in [0.3, 0.4) is 0 Å². The Labute approximate surface area is 180 Å². The molecule has 1 aliphatic heterocycles. The van der Waals surface area contributed by atoms with Crippen LogP contribution < -0.4 is 15.0 Å². The van der Waals surface area contributed by atoms with Crippen LogP contribution in [0.1, 0.15) is 5.76 Å². The van der Waals surface area contributed by atoms with E-state index < -0.39 is 22.8 Å². The zero-order valence-corrected chi connectivity index (χ0v) is 16.6. The van der Waals surface area contributed by atoms with Gasteiger partial charge < -0.3 is 9.15 Å². The number of hydrogen-bond donors (Lipinski definition) is 1. The molecule has 10 nitrogen and oxygen atoms in total. The van der Waals surface area contributed by atoms with E-state index in [1.54, 1.807) is 36.4 Å². The number of urea groups is 1. The number of methoxy groups -OCH3 is 1. The Hall–Kier alpha value is -4.73. The van der Waals surface area contributed by atoms with E-state index in [4.69, 9.17) is 9.15 Å². The highest BCUT2D eigenvalue weighted by Gasteiger charge is 2.37. The highest BCUT2D eigenvalue weighted by molar-refractivity contribution is 6.39. The topological polar surface area (TPSA) is 132 Å². The Bertz CT molecular complexity index is 1280. The maximum atomic E-state index is 12.9. The average Bonchev–Trinajstić information content (AvgIpc) is 3.25. The number of nitrogens with zero attached hydrogens (tertiary/aromatic N) is 2. The number of amides is 4. The first kappa shape index (κ1) is 20.5. The van der Waals surface area contributed by atoms with Crippen LogP contribution in [0.2, 0.25) is 0 Å². The molecule has 2 aromatic carbocycles. The predicted octanol–water partition coefficient (Wildman–Crippen LogP) is 3.53. The van der Waals surface area contributed by atoms with Crippen LogP contribution >= 0.6 is 0 Å². The van der Waals surface area contributed by atoms with Gasteiger partial charge in [0.15, 0.2) is 0 Å². The number of carbonyl (C=O) groups excluding carboxylic acids is 3. The largest absolute Gasteiger partial charge is 0.497 e. The predicted molar refractivity (Wildman–Crippen MR) is 113 cm³/mol. The molecule has 2 heterocycles. The summed E-state index contributed by atoms with van der Waals surface area (Å²) in [5.41, 5.74) is -0.0628. The molecule has 1 fully saturated rings. The lowest BCUT2D eigenvalue weighted by atomic mass is 10.1. The summed E-state index contributed by atoms with van der Waals surface area (Å²) in [6.07, 6.45) is 1.18. The Morgan fingerprint density at radius 3 is 2.50 bits per heavy atom. The number of nitrogens with one attached hydrogen (secondary N) is 1. The van der Waals surface area contributed by atoms with E-state index >= 15 is 0 Å². The lowest BCUT2D eigenvalue weighted by molar-refractivity contribution is -0.384. The number of imide groups is 2. The van der Waals surface area contributed by atoms with Gasteiger partial charge >= 0.3 is 6.03 Å². The first-order valence-corrected chi connectivity index (χ1v) is 9.28. The summed E-state index contributed by atoms with van der Waals surface area (Å²) in [6, 6.07) is 14.5. The van der Waals surface area contributed by atoms with E-state index in [2.05, 4.69) is 5.32 Å². The van der Waals surface area contributed by atoms with E-state index in [-0.39, 0.29) is 28.3 Å². The van der Waals surface area contributed by atoms with Crippen molar-refractivity contribution in [1.29, 1.82) is 0 Å². The minimum atomic E-state index is -0.874. The van der Waals surface area contributed by atoms with Gasteiger partial charge in [0.25, 0.3) is 17.5 Å². The van der Waals surface area contributed by atoms with Gasteiger partial charge in [-0.15, -0.1) is 0 Å². The fraction of sp³-hybridized carbons (Fsp3) is 0.0455. The number of ether oxygens (including phenoxy) is 1. The van der Waals surface area contributed by atoms with Gasteiger partial charge in [0.05, 0.1) is 29.4 Å². The molecule has 1 saturated heterocycles. The summed E-state index contributed by atoms with van der Waals surface area (Å²) in [6.45, 7) is 0. The molecular formula is C22H15N3O7. The molecule has 0 aliphatic carbocycles. The van der Waals surface area contributed by atoms with E-state index in [0.717, 1.165) is 4.90 Å². The fourth-order valence-electron chi connectivity index (χ4n) is 3.18. The summed E-state index contributed by atoms with van der Waals surface area (Å²) in [5, 5.41) is 13.6. The zero-order valence-electron chi connectivity index (χ0n) is 16.6. The maximum Gasteiger partial charge on any atom is 0.335 e. The number of para-hydroxylation sites is 1. The van der Waals surface area contributed by atoms with Crippen LogP contribution in [0, 0.1) is 10.1 Å². The maximum absolute atomic E-state index is 12.9. The minimum absolute atomic E-state index is 0.103. The molecule has 160 valence electrons. The van der Waals surface area contributed by atoms with Gasteiger partial charge in [0.2, 0.25) is 0 Å². The molecule has 1 aromatic heterocycles. The molecule has 0 unspecified atom stereocenters. The molecule has 0 saturated carbocycles. The van der Waals surface area contributed by atoms with Crippen LogP contribution in [0.4, 0.5) is 16.2 Å². The van der Waals surface area contributed by atoms with Gasteiger partial charge in [-0.3, -0.25) is 25.0 Å². The molecule has 3 aromatic rings. The third-order valence-corrected chi connectivity index (χ3v) is 4.70. The second-order valence-corrected chi connectivity index (χ2v) is 6.64. The summed E-state index contributed by atoms with van der Waals surface area (Å²) >= 11 is 0. The number of nitro benzene ring substituents is 1. The van der Waals surface area contributed by atoms with Crippen molar-refractivity contribution < 1.29 is 28.5 Å². The summed E-state index contributed by atoms with van der Waals surface area (Å²) < 4.78 is 10.7. The number of nitro groups is 1. The second-order valence-electron chi connectivity index (χ2n) is 6.64. The van der Waals surface area contributed by atoms with E-state index in [1.165, 1.54) is 37.5 Å². The van der Waals surface area contributed by atoms with Crippen molar-refractivity contribution in [3.63, 3.8) is 0 Å². The second kappa shape index (κ2) is 8.19. The van der Waals surface area contributed by atoms with E-state index in [9.17, 15) is 24.5 Å². The normalized spacial score (nSPS) is 15.1. The summed E-state index contributed by atoms with van der Waals surface area (Å²) in [5.74, 6) is -1.12. The zero-order chi connectivity index (χ0) is 22.8. The molecule has 32 heavy (non-hydrogen) atoms. The quantitative estimate of drug-likeness (QED) is 0.282. The lowest BCUT2D eigenvalue weighted by Crippen LogP contribution is -2.54. The van der Waals surface area contributed by atoms with Crippen molar-refractivity contribution in [2.75, 3.05) is 12.0 Å². The molecule has 10 heteroatoms. The Morgan fingerprint density at radius 1 is 1.06 bits per heavy atom. The van der Waals surface area contributed by atoms with Gasteiger partial charge in [0, 0.05) is 0 Å². The molecule has 4 amide bonds. The van der Waals surface area contributed by atoms with Crippen LogP contribution in [0.5, 0.6) is 5.75 Å². The van der Waals surface area contributed by atoms with Crippen molar-refractivity contribution in [1.82, 2.24) is 5.32 Å². The smallest absolute Gasteiger partial charge is 0.335 e. The molecule has 0 radical (unpaired) electrons. The van der Waals surface area contributed by atoms with Gasteiger partial charge in [0.1, 0.15) is 22.8 Å². The first-order valence-electron chi connectivity index (χ1n) is 9.28. The summed E-state index contributed by atoms with van der Waals surface area (Å²) in [4.78, 5) is 49.1. The standard InChI is InChI=1S/C22H15N3O7/c1-31-14-7-9-16(18(12-14)25(29)30)19-10-8-15(32-19)11-17-20(26)23-22(28)24(21(17)27)13-5-3-2-4-6-13/h2-12H,1H3,(H,23,26,28). The number of barbiturate groups is 1. The fourth-order valence-corrected chi connectivity index (χ4v) is 3.18. The third kappa shape index (κ3) is 3.72. The number of hydrogen-bond acceptors (Lipinski definition) is 7. The van der Waals surface area contributed by atoms with Gasteiger partial charge in [-0.25, -0.2) is 9.69 Å². The number of rotatable bonds is 5. The molecule has 0 atom stereocenters. The lowest BCUT2D eigenvalue weighted by Gasteiger charge is -2.26. The Balaban J connectivity index is 1.70. The Kier molecular flexibility index (Phi) is 5.25. The molecular weight excluding hydrogens is 418 g/mol. The number of carbonyl (C=O) groups is 3. The summed E-state index contributed by atoms with van der Waals surface area (Å²) in [7, 11) is 1.39. The SMILES string of the molecule is COc1ccc(-c2ccc(C=C3C(=O)NC(=O)N(c4ccccc4)C3=O)o2)c([N+](=O)[O-])c1. The van der Waals surface area contributed by atoms with Gasteiger partial charge in [-0.05, 0) is 42.5 Å². The van der Waals surface area contributed by atoms with Crippen LogP contribution in [0.15, 0.2) is 70.7 Å². The van der Waals surface area contributed by atoms with Gasteiger partial charge in [-0.1, -0.05) is 18.2 Å². The van der Waals surface area contributed by atoms with Crippen molar-refractivity contribution in [3.05, 3.63) is 82.1 Å². The highest BCUT2D eigenvalue weighted by Crippen LogP contribution is 2.34. The molecule has 4 rings (SSSR count). The highest BCUT2D eigenvalue weighted by atomic mass is 16.6. The van der Waals surface area contributed by atoms with Crippen molar-refractivity contribution in [3.8, 4) is 17.1 Å². The average molecular weight is 433 g/mol. The van der Waals surface area contributed by atoms with Crippen molar-refractivity contribution >= 4 is 35.3 Å². The minimum Gasteiger partial charge on any atom is -0.497 e. The molecule has 0 spiro atoms. The van der Waals surface area contributed by atoms with E-state index in [1.807, 2.05) is 0 Å². The van der Waals surface area contributed by atoms with Crippen LogP contribution in [0.25, 0.3) is 17.4 Å². The Morgan fingerprint density at radius 2 is 1.81 bits per heavy atom. The molecule has 1 N–H and O–H groups in total. The third-order valence-electron chi connectivity index (χ3n) is 4.70. The molecule has 0 bridgehead atoms. The number of anilines is 1. The molecule has 1 aliphatic rings. The van der Waals surface area contributed by atoms with Gasteiger partial charge in [-0.2, -0.15) is 0 Å². The van der Waals surface area contributed by atoms with E-state index in [0.29, 0.717) is 11.4 Å². The number of furan rings is 1. The monoisotopic (exact) mass is 433 g/mol. The number of benzene rings is 2.